The van der Waals surface area contributed by atoms with Crippen molar-refractivity contribution in [3.05, 3.63) is 35.9 Å². The summed E-state index contributed by atoms with van der Waals surface area (Å²) in [6, 6.07) is 8.62. The summed E-state index contributed by atoms with van der Waals surface area (Å²) < 4.78 is 0. The molecule has 1 aromatic rings. The van der Waals surface area contributed by atoms with Crippen molar-refractivity contribution in [3.8, 4) is 0 Å². The lowest BCUT2D eigenvalue weighted by atomic mass is 9.88. The Morgan fingerprint density at radius 1 is 1.17 bits per heavy atom. The average Bonchev–Trinajstić information content (AvgIpc) is 2.60. The van der Waals surface area contributed by atoms with E-state index in [-0.39, 0.29) is 18.3 Å². The van der Waals surface area contributed by atoms with Crippen LogP contribution in [-0.2, 0) is 25.6 Å². The highest BCUT2D eigenvalue weighted by Crippen LogP contribution is 2.23. The summed E-state index contributed by atoms with van der Waals surface area (Å²) in [5, 5.41) is 2.80. The fourth-order valence-corrected chi connectivity index (χ4v) is 2.87. The molecule has 1 atom stereocenters. The standard InChI is InChI=1S/C17H22N2O4/c20-12-23-19-17(22)15(11-13-7-3-1-4-8-13)18-16(21)14-9-5-2-6-10-14/h1,3-4,7-8,12,14-15H,2,5-6,9-11H2,(H,18,21)(H,19,22). The summed E-state index contributed by atoms with van der Waals surface area (Å²) in [6.45, 7) is 0.139. The molecule has 0 aromatic heterocycles. The highest BCUT2D eigenvalue weighted by Gasteiger charge is 2.27. The fraction of sp³-hybridized carbons (Fsp3) is 0.471. The average molecular weight is 318 g/mol. The first-order chi connectivity index (χ1) is 11.2. The van der Waals surface area contributed by atoms with Crippen LogP contribution in [-0.4, -0.2) is 24.3 Å². The Morgan fingerprint density at radius 2 is 1.87 bits per heavy atom. The van der Waals surface area contributed by atoms with Crippen LogP contribution >= 0.6 is 0 Å². The normalized spacial score (nSPS) is 16.2. The minimum atomic E-state index is -0.772. The molecule has 1 unspecified atom stereocenters. The van der Waals surface area contributed by atoms with Gasteiger partial charge in [-0.2, -0.15) is 5.48 Å². The van der Waals surface area contributed by atoms with Crippen molar-refractivity contribution in [2.75, 3.05) is 0 Å². The van der Waals surface area contributed by atoms with Crippen molar-refractivity contribution >= 4 is 18.3 Å². The van der Waals surface area contributed by atoms with E-state index in [1.165, 1.54) is 0 Å². The molecule has 6 nitrogen and oxygen atoms in total. The van der Waals surface area contributed by atoms with Crippen LogP contribution in [0.4, 0.5) is 0 Å². The molecule has 0 saturated heterocycles. The predicted octanol–water partition coefficient (Wildman–Crippen LogP) is 1.50. The van der Waals surface area contributed by atoms with Crippen LogP contribution in [0.5, 0.6) is 0 Å². The van der Waals surface area contributed by atoms with E-state index in [4.69, 9.17) is 0 Å². The van der Waals surface area contributed by atoms with Crippen molar-refractivity contribution in [2.24, 2.45) is 5.92 Å². The fourth-order valence-electron chi connectivity index (χ4n) is 2.87. The molecule has 6 heteroatoms. The Balaban J connectivity index is 2.01. The van der Waals surface area contributed by atoms with Gasteiger partial charge in [0, 0.05) is 12.3 Å². The zero-order valence-corrected chi connectivity index (χ0v) is 13.0. The van der Waals surface area contributed by atoms with Gasteiger partial charge in [0.1, 0.15) is 6.04 Å². The third-order valence-corrected chi connectivity index (χ3v) is 4.10. The van der Waals surface area contributed by atoms with Crippen LogP contribution in [0.15, 0.2) is 30.3 Å². The van der Waals surface area contributed by atoms with Crippen LogP contribution in [0.3, 0.4) is 0 Å². The second-order valence-electron chi connectivity index (χ2n) is 5.77. The number of hydrogen-bond acceptors (Lipinski definition) is 4. The molecule has 1 aliphatic carbocycles. The van der Waals surface area contributed by atoms with E-state index in [0.717, 1.165) is 37.7 Å². The third kappa shape index (κ3) is 5.39. The topological polar surface area (TPSA) is 84.5 Å². The Morgan fingerprint density at radius 3 is 2.52 bits per heavy atom. The molecule has 1 aliphatic rings. The number of nitrogens with one attached hydrogen (secondary N) is 2. The number of rotatable bonds is 7. The number of carbonyl (C=O) groups excluding carboxylic acids is 3. The highest BCUT2D eigenvalue weighted by molar-refractivity contribution is 5.88. The third-order valence-electron chi connectivity index (χ3n) is 4.10. The van der Waals surface area contributed by atoms with Crippen LogP contribution in [0.2, 0.25) is 0 Å². The van der Waals surface area contributed by atoms with Gasteiger partial charge >= 0.3 is 6.47 Å². The number of benzene rings is 1. The first-order valence-corrected chi connectivity index (χ1v) is 7.94. The van der Waals surface area contributed by atoms with E-state index >= 15 is 0 Å². The molecule has 0 aliphatic heterocycles. The lowest BCUT2D eigenvalue weighted by Gasteiger charge is -2.24. The Hall–Kier alpha value is -2.37. The summed E-state index contributed by atoms with van der Waals surface area (Å²) in [6.07, 6.45) is 5.30. The molecule has 0 bridgehead atoms. The van der Waals surface area contributed by atoms with E-state index in [1.807, 2.05) is 35.8 Å². The molecular formula is C17H22N2O4. The smallest absolute Gasteiger partial charge is 0.320 e. The van der Waals surface area contributed by atoms with E-state index < -0.39 is 11.9 Å². The van der Waals surface area contributed by atoms with Crippen molar-refractivity contribution < 1.29 is 19.2 Å². The van der Waals surface area contributed by atoms with Crippen LogP contribution in [0.25, 0.3) is 0 Å². The van der Waals surface area contributed by atoms with Crippen molar-refractivity contribution in [1.29, 1.82) is 0 Å². The van der Waals surface area contributed by atoms with Gasteiger partial charge in [0.25, 0.3) is 5.91 Å². The molecule has 0 radical (unpaired) electrons. The monoisotopic (exact) mass is 318 g/mol. The minimum absolute atomic E-state index is 0.0400. The van der Waals surface area contributed by atoms with Gasteiger partial charge in [-0.25, -0.2) is 0 Å². The molecule has 1 fully saturated rings. The molecule has 1 aromatic carbocycles. The van der Waals surface area contributed by atoms with E-state index in [0.29, 0.717) is 6.42 Å². The zero-order chi connectivity index (χ0) is 16.5. The van der Waals surface area contributed by atoms with Gasteiger partial charge < -0.3 is 10.2 Å². The molecule has 2 N–H and O–H groups in total. The summed E-state index contributed by atoms with van der Waals surface area (Å²) >= 11 is 0. The predicted molar refractivity (Wildman–Crippen MR) is 83.9 cm³/mol. The van der Waals surface area contributed by atoms with Gasteiger partial charge in [-0.1, -0.05) is 49.6 Å². The first-order valence-electron chi connectivity index (χ1n) is 7.94. The number of amides is 2. The number of hydroxylamine groups is 1. The zero-order valence-electron chi connectivity index (χ0n) is 13.0. The van der Waals surface area contributed by atoms with Gasteiger partial charge in [0.15, 0.2) is 0 Å². The Bertz CT molecular complexity index is 527. The minimum Gasteiger partial charge on any atom is -0.344 e. The summed E-state index contributed by atoms with van der Waals surface area (Å²) in [7, 11) is 0. The van der Waals surface area contributed by atoms with Gasteiger partial charge in [-0.15, -0.1) is 0 Å². The second kappa shape index (κ2) is 8.92. The van der Waals surface area contributed by atoms with Gasteiger partial charge in [-0.05, 0) is 18.4 Å². The van der Waals surface area contributed by atoms with Gasteiger partial charge in [0.05, 0.1) is 0 Å². The van der Waals surface area contributed by atoms with E-state index in [2.05, 4.69) is 10.2 Å². The van der Waals surface area contributed by atoms with Gasteiger partial charge in [0.2, 0.25) is 5.91 Å². The van der Waals surface area contributed by atoms with Gasteiger partial charge in [-0.3, -0.25) is 14.4 Å². The maximum atomic E-state index is 12.4. The van der Waals surface area contributed by atoms with Crippen LogP contribution < -0.4 is 10.8 Å². The van der Waals surface area contributed by atoms with E-state index in [1.54, 1.807) is 0 Å². The molecule has 0 spiro atoms. The molecule has 2 rings (SSSR count). The summed E-state index contributed by atoms with van der Waals surface area (Å²) in [5.74, 6) is -0.682. The largest absolute Gasteiger partial charge is 0.344 e. The SMILES string of the molecule is O=CONC(=O)C(Cc1ccccc1)NC(=O)C1CCCCC1. The summed E-state index contributed by atoms with van der Waals surface area (Å²) in [5.41, 5.74) is 2.96. The quantitative estimate of drug-likeness (QED) is 0.589. The van der Waals surface area contributed by atoms with Crippen molar-refractivity contribution in [2.45, 2.75) is 44.6 Å². The number of hydrogen-bond donors (Lipinski definition) is 2. The molecule has 0 heterocycles. The highest BCUT2D eigenvalue weighted by atomic mass is 16.7. The van der Waals surface area contributed by atoms with Crippen LogP contribution in [0, 0.1) is 5.92 Å². The Labute approximate surface area is 135 Å². The van der Waals surface area contributed by atoms with Crippen LogP contribution in [0.1, 0.15) is 37.7 Å². The second-order valence-corrected chi connectivity index (χ2v) is 5.77. The number of carbonyl (C=O) groups is 3. The van der Waals surface area contributed by atoms with Crippen molar-refractivity contribution in [3.63, 3.8) is 0 Å². The molecular weight excluding hydrogens is 296 g/mol. The lowest BCUT2D eigenvalue weighted by Crippen LogP contribution is -2.49. The molecule has 1 saturated carbocycles. The molecule has 23 heavy (non-hydrogen) atoms. The maximum absolute atomic E-state index is 12.4. The first kappa shape index (κ1) is 17.0. The molecule has 124 valence electrons. The maximum Gasteiger partial charge on any atom is 0.320 e. The summed E-state index contributed by atoms with van der Waals surface area (Å²) in [4.78, 5) is 39.0. The van der Waals surface area contributed by atoms with E-state index in [9.17, 15) is 14.4 Å². The Kier molecular flexibility index (Phi) is 6.59. The molecule has 2 amide bonds. The lowest BCUT2D eigenvalue weighted by molar-refractivity contribution is -0.148. The van der Waals surface area contributed by atoms with Crippen molar-refractivity contribution in [1.82, 2.24) is 10.8 Å².